The van der Waals surface area contributed by atoms with Crippen molar-refractivity contribution >= 4 is 17.5 Å². The number of amides is 2. The highest BCUT2D eigenvalue weighted by atomic mass is 16.5. The zero-order valence-corrected chi connectivity index (χ0v) is 17.7. The molecule has 0 fully saturated rings. The number of hydrogen-bond donors (Lipinski definition) is 2. The molecule has 0 saturated heterocycles. The average molecular weight is 428 g/mol. The van der Waals surface area contributed by atoms with E-state index in [1.165, 1.54) is 25.9 Å². The van der Waals surface area contributed by atoms with E-state index in [0.717, 1.165) is 0 Å². The van der Waals surface area contributed by atoms with Gasteiger partial charge in [-0.25, -0.2) is 4.68 Å². The molecule has 0 radical (unpaired) electrons. The van der Waals surface area contributed by atoms with Gasteiger partial charge in [0.05, 0.1) is 19.9 Å². The second-order valence-electron chi connectivity index (χ2n) is 6.29. The highest BCUT2D eigenvalue weighted by molar-refractivity contribution is 6.07. The molecule has 0 aliphatic heterocycles. The smallest absolute Gasteiger partial charge is 0.276 e. The fourth-order valence-corrected chi connectivity index (χ4v) is 2.79. The SMILES string of the molecule is CCn1cc(NC(=O)c2ccn(COc3c(OC)cccc3OC)n2)c(C(=O)NC)n1. The summed E-state index contributed by atoms with van der Waals surface area (Å²) < 4.78 is 19.4. The van der Waals surface area contributed by atoms with Crippen molar-refractivity contribution in [2.24, 2.45) is 0 Å². The minimum absolute atomic E-state index is 0.0290. The van der Waals surface area contributed by atoms with E-state index in [0.29, 0.717) is 29.5 Å². The van der Waals surface area contributed by atoms with Gasteiger partial charge in [0.1, 0.15) is 0 Å². The number of carbonyl (C=O) groups is 2. The number of ether oxygens (including phenoxy) is 3. The summed E-state index contributed by atoms with van der Waals surface area (Å²) in [5.41, 5.74) is 0.585. The Bertz CT molecular complexity index is 1050. The van der Waals surface area contributed by atoms with Crippen LogP contribution in [-0.2, 0) is 13.3 Å². The molecule has 2 heterocycles. The first kappa shape index (κ1) is 21.7. The number of aryl methyl sites for hydroxylation is 1. The van der Waals surface area contributed by atoms with Crippen molar-refractivity contribution in [3.05, 3.63) is 48.0 Å². The molecule has 0 unspecified atom stereocenters. The van der Waals surface area contributed by atoms with E-state index in [-0.39, 0.29) is 18.1 Å². The molecule has 31 heavy (non-hydrogen) atoms. The summed E-state index contributed by atoms with van der Waals surface area (Å²) in [6, 6.07) is 6.83. The Morgan fingerprint density at radius 2 is 1.74 bits per heavy atom. The molecule has 3 rings (SSSR count). The van der Waals surface area contributed by atoms with Crippen LogP contribution in [0.25, 0.3) is 0 Å². The number of hydrogen-bond acceptors (Lipinski definition) is 7. The second-order valence-corrected chi connectivity index (χ2v) is 6.29. The summed E-state index contributed by atoms with van der Waals surface area (Å²) in [6.07, 6.45) is 3.20. The number of para-hydroxylation sites is 1. The molecular weight excluding hydrogens is 404 g/mol. The van der Waals surface area contributed by atoms with E-state index in [2.05, 4.69) is 20.8 Å². The summed E-state index contributed by atoms with van der Waals surface area (Å²) in [5.74, 6) is 0.580. The maximum absolute atomic E-state index is 12.6. The van der Waals surface area contributed by atoms with Crippen molar-refractivity contribution < 1.29 is 23.8 Å². The highest BCUT2D eigenvalue weighted by Crippen LogP contribution is 2.36. The van der Waals surface area contributed by atoms with Crippen LogP contribution in [0.5, 0.6) is 17.2 Å². The van der Waals surface area contributed by atoms with Gasteiger partial charge in [-0.2, -0.15) is 10.2 Å². The Hall–Kier alpha value is -4.02. The normalized spacial score (nSPS) is 10.5. The van der Waals surface area contributed by atoms with Crippen molar-refractivity contribution in [1.82, 2.24) is 24.9 Å². The largest absolute Gasteiger partial charge is 0.493 e. The van der Waals surface area contributed by atoms with Crippen molar-refractivity contribution in [3.63, 3.8) is 0 Å². The third-order valence-corrected chi connectivity index (χ3v) is 4.37. The van der Waals surface area contributed by atoms with Gasteiger partial charge >= 0.3 is 0 Å². The fourth-order valence-electron chi connectivity index (χ4n) is 2.79. The Labute approximate surface area is 178 Å². The van der Waals surface area contributed by atoms with Crippen molar-refractivity contribution in [2.45, 2.75) is 20.2 Å². The van der Waals surface area contributed by atoms with Gasteiger partial charge in [-0.1, -0.05) is 6.07 Å². The Morgan fingerprint density at radius 3 is 2.35 bits per heavy atom. The molecule has 164 valence electrons. The fraction of sp³-hybridized carbons (Fsp3) is 0.300. The molecule has 0 bridgehead atoms. The van der Waals surface area contributed by atoms with Crippen LogP contribution in [-0.4, -0.2) is 52.6 Å². The molecule has 0 spiro atoms. The lowest BCUT2D eigenvalue weighted by Gasteiger charge is -2.13. The Morgan fingerprint density at radius 1 is 1.03 bits per heavy atom. The van der Waals surface area contributed by atoms with Gasteiger partial charge in [-0.05, 0) is 25.1 Å². The first-order valence-electron chi connectivity index (χ1n) is 9.48. The van der Waals surface area contributed by atoms with Crippen molar-refractivity contribution in [2.75, 3.05) is 26.6 Å². The molecule has 11 nitrogen and oxygen atoms in total. The maximum atomic E-state index is 12.6. The number of nitrogens with zero attached hydrogens (tertiary/aromatic N) is 4. The molecule has 0 aliphatic carbocycles. The molecule has 0 saturated carbocycles. The summed E-state index contributed by atoms with van der Waals surface area (Å²) in [7, 11) is 4.56. The van der Waals surface area contributed by atoms with Crippen LogP contribution < -0.4 is 24.8 Å². The molecule has 0 aliphatic rings. The zero-order valence-electron chi connectivity index (χ0n) is 17.7. The molecule has 1 aromatic carbocycles. The molecule has 0 atom stereocenters. The predicted molar refractivity (Wildman–Crippen MR) is 112 cm³/mol. The third-order valence-electron chi connectivity index (χ3n) is 4.37. The van der Waals surface area contributed by atoms with Crippen LogP contribution in [0.1, 0.15) is 27.9 Å². The van der Waals surface area contributed by atoms with Crippen LogP contribution in [0.2, 0.25) is 0 Å². The van der Waals surface area contributed by atoms with Crippen LogP contribution in [0, 0.1) is 0 Å². The monoisotopic (exact) mass is 428 g/mol. The van der Waals surface area contributed by atoms with Gasteiger partial charge in [-0.3, -0.25) is 14.3 Å². The number of carbonyl (C=O) groups excluding carboxylic acids is 2. The third kappa shape index (κ3) is 4.77. The molecule has 2 N–H and O–H groups in total. The lowest BCUT2D eigenvalue weighted by atomic mass is 10.3. The van der Waals surface area contributed by atoms with E-state index in [1.54, 1.807) is 41.3 Å². The molecule has 2 amide bonds. The van der Waals surface area contributed by atoms with E-state index < -0.39 is 11.8 Å². The maximum Gasteiger partial charge on any atom is 0.276 e. The summed E-state index contributed by atoms with van der Waals surface area (Å²) in [4.78, 5) is 24.6. The van der Waals surface area contributed by atoms with Crippen molar-refractivity contribution in [3.8, 4) is 17.2 Å². The summed E-state index contributed by atoms with van der Waals surface area (Å²) in [6.45, 7) is 2.46. The minimum atomic E-state index is -0.477. The van der Waals surface area contributed by atoms with Gasteiger partial charge in [0.15, 0.2) is 29.6 Å². The lowest BCUT2D eigenvalue weighted by molar-refractivity contribution is 0.0958. The number of anilines is 1. The number of aromatic nitrogens is 4. The van der Waals surface area contributed by atoms with Crippen LogP contribution >= 0.6 is 0 Å². The van der Waals surface area contributed by atoms with E-state index in [1.807, 2.05) is 6.92 Å². The van der Waals surface area contributed by atoms with Crippen LogP contribution in [0.3, 0.4) is 0 Å². The average Bonchev–Trinajstić information content (AvgIpc) is 3.43. The number of benzene rings is 1. The summed E-state index contributed by atoms with van der Waals surface area (Å²) in [5, 5.41) is 13.6. The minimum Gasteiger partial charge on any atom is -0.493 e. The van der Waals surface area contributed by atoms with Crippen LogP contribution in [0.4, 0.5) is 5.69 Å². The lowest BCUT2D eigenvalue weighted by Crippen LogP contribution is -2.22. The van der Waals surface area contributed by atoms with Gasteiger partial charge < -0.3 is 24.8 Å². The quantitative estimate of drug-likeness (QED) is 0.533. The second kappa shape index (κ2) is 9.65. The number of nitrogens with one attached hydrogen (secondary N) is 2. The van der Waals surface area contributed by atoms with E-state index in [4.69, 9.17) is 14.2 Å². The summed E-state index contributed by atoms with van der Waals surface area (Å²) >= 11 is 0. The van der Waals surface area contributed by atoms with E-state index >= 15 is 0 Å². The van der Waals surface area contributed by atoms with Crippen LogP contribution in [0.15, 0.2) is 36.7 Å². The highest BCUT2D eigenvalue weighted by Gasteiger charge is 2.19. The molecule has 11 heteroatoms. The Balaban J connectivity index is 1.71. The first-order chi connectivity index (χ1) is 15.0. The van der Waals surface area contributed by atoms with Gasteiger partial charge in [0, 0.05) is 26.0 Å². The zero-order chi connectivity index (χ0) is 22.4. The molecule has 3 aromatic rings. The Kier molecular flexibility index (Phi) is 6.75. The van der Waals surface area contributed by atoms with Gasteiger partial charge in [-0.15, -0.1) is 0 Å². The van der Waals surface area contributed by atoms with Gasteiger partial charge in [0.2, 0.25) is 5.75 Å². The topological polar surface area (TPSA) is 122 Å². The standard InChI is InChI=1S/C20H24N6O5/c1-5-25-11-14(17(24-25)20(28)21-2)22-19(27)13-9-10-26(23-13)12-31-18-15(29-3)7-6-8-16(18)30-4/h6-11H,5,12H2,1-4H3,(H,21,28)(H,22,27). The van der Waals surface area contributed by atoms with Crippen molar-refractivity contribution in [1.29, 1.82) is 0 Å². The number of rotatable bonds is 9. The first-order valence-corrected chi connectivity index (χ1v) is 9.48. The molecule has 2 aromatic heterocycles. The molecular formula is C20H24N6O5. The van der Waals surface area contributed by atoms with Gasteiger partial charge in [0.25, 0.3) is 11.8 Å². The number of methoxy groups -OCH3 is 2. The van der Waals surface area contributed by atoms with E-state index in [9.17, 15) is 9.59 Å². The predicted octanol–water partition coefficient (Wildman–Crippen LogP) is 1.77.